The lowest BCUT2D eigenvalue weighted by Crippen LogP contribution is -2.25. The number of amides is 1. The van der Waals surface area contributed by atoms with Crippen molar-refractivity contribution in [2.45, 2.75) is 12.3 Å². The van der Waals surface area contributed by atoms with Crippen LogP contribution in [-0.4, -0.2) is 29.9 Å². The highest BCUT2D eigenvalue weighted by Gasteiger charge is 2.35. The van der Waals surface area contributed by atoms with Gasteiger partial charge in [0.25, 0.3) is 0 Å². The van der Waals surface area contributed by atoms with Gasteiger partial charge in [-0.2, -0.15) is 5.10 Å². The van der Waals surface area contributed by atoms with Crippen molar-refractivity contribution in [3.05, 3.63) is 90.0 Å². The molecule has 2 heterocycles. The van der Waals surface area contributed by atoms with Crippen LogP contribution in [0.3, 0.4) is 0 Å². The van der Waals surface area contributed by atoms with Gasteiger partial charge in [0.1, 0.15) is 17.3 Å². The van der Waals surface area contributed by atoms with E-state index in [4.69, 9.17) is 14.6 Å². The Balaban J connectivity index is 1.77. The van der Waals surface area contributed by atoms with Crippen LogP contribution < -0.4 is 14.8 Å². The molecule has 160 valence electrons. The van der Waals surface area contributed by atoms with Gasteiger partial charge in [-0.3, -0.25) is 4.79 Å². The Bertz CT molecular complexity index is 1270. The summed E-state index contributed by atoms with van der Waals surface area (Å²) in [5.74, 6) is 1.80. The number of para-hydroxylation sites is 1. The number of carbonyl (C=O) groups excluding carboxylic acids is 1. The fourth-order valence-corrected chi connectivity index (χ4v) is 4.29. The SMILES string of the molecule is COc1ccc([C@H]2CC(=O)Nc3c2c(-c2ccccc2)nn3-c2ccccc2)c(OC)c1. The zero-order chi connectivity index (χ0) is 22.1. The first-order chi connectivity index (χ1) is 15.7. The number of fused-ring (bicyclic) bond motifs is 1. The molecule has 1 N–H and O–H groups in total. The number of carbonyl (C=O) groups is 1. The van der Waals surface area contributed by atoms with Crippen LogP contribution in [0.1, 0.15) is 23.5 Å². The molecule has 1 amide bonds. The van der Waals surface area contributed by atoms with Gasteiger partial charge in [-0.1, -0.05) is 54.6 Å². The van der Waals surface area contributed by atoms with Crippen molar-refractivity contribution in [3.63, 3.8) is 0 Å². The maximum atomic E-state index is 12.8. The molecule has 0 fully saturated rings. The molecule has 6 heteroatoms. The molecule has 32 heavy (non-hydrogen) atoms. The van der Waals surface area contributed by atoms with E-state index in [2.05, 4.69) is 5.32 Å². The summed E-state index contributed by atoms with van der Waals surface area (Å²) in [5.41, 5.74) is 4.62. The van der Waals surface area contributed by atoms with Gasteiger partial charge >= 0.3 is 0 Å². The maximum Gasteiger partial charge on any atom is 0.226 e. The van der Waals surface area contributed by atoms with Crippen molar-refractivity contribution in [1.29, 1.82) is 0 Å². The summed E-state index contributed by atoms with van der Waals surface area (Å²) in [4.78, 5) is 12.8. The van der Waals surface area contributed by atoms with E-state index in [1.165, 1.54) is 0 Å². The number of nitrogens with zero attached hydrogens (tertiary/aromatic N) is 2. The molecule has 1 aliphatic heterocycles. The van der Waals surface area contributed by atoms with Gasteiger partial charge in [-0.15, -0.1) is 0 Å². The Labute approximate surface area is 186 Å². The number of nitrogens with one attached hydrogen (secondary N) is 1. The second kappa shape index (κ2) is 8.23. The van der Waals surface area contributed by atoms with Crippen molar-refractivity contribution in [2.75, 3.05) is 19.5 Å². The van der Waals surface area contributed by atoms with Crippen LogP contribution in [0.4, 0.5) is 5.82 Å². The summed E-state index contributed by atoms with van der Waals surface area (Å²) >= 11 is 0. The van der Waals surface area contributed by atoms with Gasteiger partial charge in [0.05, 0.1) is 25.6 Å². The summed E-state index contributed by atoms with van der Waals surface area (Å²) in [6.45, 7) is 0. The second-order valence-corrected chi connectivity index (χ2v) is 7.64. The highest BCUT2D eigenvalue weighted by molar-refractivity contribution is 5.97. The topological polar surface area (TPSA) is 65.4 Å². The predicted octanol–water partition coefficient (Wildman–Crippen LogP) is 5.03. The average molecular weight is 425 g/mol. The van der Waals surface area contributed by atoms with Crippen LogP contribution in [0.15, 0.2) is 78.9 Å². The number of aromatic nitrogens is 2. The summed E-state index contributed by atoms with van der Waals surface area (Å²) < 4.78 is 12.9. The molecule has 0 bridgehead atoms. The molecule has 1 aromatic heterocycles. The number of methoxy groups -OCH3 is 2. The third kappa shape index (κ3) is 3.39. The fraction of sp³-hybridized carbons (Fsp3) is 0.154. The van der Waals surface area contributed by atoms with Crippen LogP contribution in [0.25, 0.3) is 16.9 Å². The minimum absolute atomic E-state index is 0.0583. The average Bonchev–Trinajstić information content (AvgIpc) is 3.23. The van der Waals surface area contributed by atoms with Crippen molar-refractivity contribution >= 4 is 11.7 Å². The monoisotopic (exact) mass is 425 g/mol. The van der Waals surface area contributed by atoms with Crippen molar-refractivity contribution < 1.29 is 14.3 Å². The largest absolute Gasteiger partial charge is 0.497 e. The van der Waals surface area contributed by atoms with Crippen LogP contribution in [0, 0.1) is 0 Å². The number of benzene rings is 3. The van der Waals surface area contributed by atoms with Crippen molar-refractivity contribution in [3.8, 4) is 28.4 Å². The van der Waals surface area contributed by atoms with E-state index in [9.17, 15) is 4.79 Å². The van der Waals surface area contributed by atoms with Crippen LogP contribution in [0.5, 0.6) is 11.5 Å². The lowest BCUT2D eigenvalue weighted by Gasteiger charge is -2.26. The molecule has 0 spiro atoms. The number of rotatable bonds is 5. The third-order valence-corrected chi connectivity index (χ3v) is 5.78. The summed E-state index contributed by atoms with van der Waals surface area (Å²) in [6.07, 6.45) is 0.302. The molecule has 0 unspecified atom stereocenters. The maximum absolute atomic E-state index is 12.8. The first-order valence-electron chi connectivity index (χ1n) is 10.4. The Hall–Kier alpha value is -4.06. The molecular weight excluding hydrogens is 402 g/mol. The van der Waals surface area contributed by atoms with Gasteiger partial charge < -0.3 is 14.8 Å². The Morgan fingerprint density at radius 3 is 2.34 bits per heavy atom. The number of hydrogen-bond acceptors (Lipinski definition) is 4. The van der Waals surface area contributed by atoms with Crippen LogP contribution in [0.2, 0.25) is 0 Å². The minimum atomic E-state index is -0.215. The highest BCUT2D eigenvalue weighted by Crippen LogP contribution is 2.46. The molecule has 6 nitrogen and oxygen atoms in total. The smallest absolute Gasteiger partial charge is 0.226 e. The first-order valence-corrected chi connectivity index (χ1v) is 10.4. The lowest BCUT2D eigenvalue weighted by atomic mass is 9.84. The number of anilines is 1. The first kappa shape index (κ1) is 19.9. The van der Waals surface area contributed by atoms with E-state index in [-0.39, 0.29) is 11.8 Å². The zero-order valence-corrected chi connectivity index (χ0v) is 17.9. The molecule has 5 rings (SSSR count). The van der Waals surface area contributed by atoms with E-state index in [0.29, 0.717) is 23.7 Å². The lowest BCUT2D eigenvalue weighted by molar-refractivity contribution is -0.116. The second-order valence-electron chi connectivity index (χ2n) is 7.64. The normalized spacial score (nSPS) is 15.1. The molecule has 4 aromatic rings. The molecular formula is C26H23N3O3. The molecule has 0 saturated heterocycles. The van der Waals surface area contributed by atoms with Gasteiger partial charge in [0.15, 0.2) is 0 Å². The van der Waals surface area contributed by atoms with Crippen molar-refractivity contribution in [1.82, 2.24) is 9.78 Å². The Morgan fingerprint density at radius 2 is 1.66 bits per heavy atom. The summed E-state index contributed by atoms with van der Waals surface area (Å²) in [5, 5.41) is 8.04. The van der Waals surface area contributed by atoms with Gasteiger partial charge in [0.2, 0.25) is 5.91 Å². The number of ether oxygens (including phenoxy) is 2. The van der Waals surface area contributed by atoms with Gasteiger partial charge in [-0.25, -0.2) is 4.68 Å². The third-order valence-electron chi connectivity index (χ3n) is 5.78. The number of hydrogen-bond donors (Lipinski definition) is 1. The molecule has 1 aliphatic rings. The highest BCUT2D eigenvalue weighted by atomic mass is 16.5. The van der Waals surface area contributed by atoms with Gasteiger partial charge in [-0.05, 0) is 18.2 Å². The molecule has 0 aliphatic carbocycles. The van der Waals surface area contributed by atoms with Gasteiger partial charge in [0, 0.05) is 35.1 Å². The summed E-state index contributed by atoms with van der Waals surface area (Å²) in [7, 11) is 3.26. The quantitative estimate of drug-likeness (QED) is 0.487. The summed E-state index contributed by atoms with van der Waals surface area (Å²) in [6, 6.07) is 25.6. The molecule has 0 saturated carbocycles. The predicted molar refractivity (Wildman–Crippen MR) is 124 cm³/mol. The zero-order valence-electron chi connectivity index (χ0n) is 17.9. The van der Waals surface area contributed by atoms with E-state index < -0.39 is 0 Å². The van der Waals surface area contributed by atoms with Crippen molar-refractivity contribution in [2.24, 2.45) is 0 Å². The standard InChI is InChI=1S/C26H23N3O3/c1-31-19-13-14-20(22(15-19)32-2)21-16-23(30)27-26-24(21)25(17-9-5-3-6-10-17)28-29(26)18-11-7-4-8-12-18/h3-15,21H,16H2,1-2H3,(H,27,30)/t21-/m1/s1. The Kier molecular flexibility index (Phi) is 5.11. The molecule has 1 atom stereocenters. The van der Waals surface area contributed by atoms with E-state index in [1.807, 2.05) is 83.5 Å². The Morgan fingerprint density at radius 1 is 0.938 bits per heavy atom. The van der Waals surface area contributed by atoms with E-state index in [1.54, 1.807) is 14.2 Å². The van der Waals surface area contributed by atoms with E-state index in [0.717, 1.165) is 28.1 Å². The van der Waals surface area contributed by atoms with Crippen LogP contribution in [-0.2, 0) is 4.79 Å². The minimum Gasteiger partial charge on any atom is -0.497 e. The van der Waals surface area contributed by atoms with E-state index >= 15 is 0 Å². The van der Waals surface area contributed by atoms with Crippen LogP contribution >= 0.6 is 0 Å². The molecule has 0 radical (unpaired) electrons. The molecule has 3 aromatic carbocycles. The fourth-order valence-electron chi connectivity index (χ4n) is 4.29.